The lowest BCUT2D eigenvalue weighted by molar-refractivity contribution is -0.139. The number of nitrogens with two attached hydrogens (primary N) is 1. The summed E-state index contributed by atoms with van der Waals surface area (Å²) in [6, 6.07) is 4.80. The average molecular weight is 289 g/mol. The second-order valence-corrected chi connectivity index (χ2v) is 4.24. The number of alkyl halides is 4. The van der Waals surface area contributed by atoms with Gasteiger partial charge in [0, 0.05) is 11.3 Å². The maximum atomic E-state index is 13.1. The quantitative estimate of drug-likeness (QED) is 0.691. The predicted molar refractivity (Wildman–Crippen MR) is 63.4 cm³/mol. The molecule has 0 radical (unpaired) electrons. The third kappa shape index (κ3) is 2.56. The van der Waals surface area contributed by atoms with Crippen LogP contribution in [-0.4, -0.2) is 32.6 Å². The third-order valence-electron chi connectivity index (χ3n) is 2.83. The minimum atomic E-state index is -4.21. The fourth-order valence-electron chi connectivity index (χ4n) is 1.67. The summed E-state index contributed by atoms with van der Waals surface area (Å²) in [5.74, 6) is -4.24. The molecule has 5 nitrogen and oxygen atoms in total. The molecule has 0 amide bonds. The van der Waals surface area contributed by atoms with Crippen LogP contribution in [0.2, 0.25) is 0 Å². The van der Waals surface area contributed by atoms with Gasteiger partial charge in [-0.25, -0.2) is 13.5 Å². The number of hydrogen-bond acceptors (Lipinski definition) is 4. The highest BCUT2D eigenvalue weighted by molar-refractivity contribution is 5.67. The van der Waals surface area contributed by atoms with E-state index < -0.39 is 18.9 Å². The van der Waals surface area contributed by atoms with E-state index >= 15 is 0 Å². The van der Waals surface area contributed by atoms with Crippen molar-refractivity contribution in [3.63, 3.8) is 0 Å². The van der Waals surface area contributed by atoms with E-state index in [1.54, 1.807) is 25.1 Å². The molecular weight excluding hydrogens is 278 g/mol. The van der Waals surface area contributed by atoms with E-state index in [2.05, 4.69) is 15.5 Å². The molecular formula is C11H11F4N5. The summed E-state index contributed by atoms with van der Waals surface area (Å²) in [6.07, 6.45) is -3.79. The summed E-state index contributed by atoms with van der Waals surface area (Å²) in [4.78, 5) is 0. The Kier molecular flexibility index (Phi) is 3.60. The molecule has 2 rings (SSSR count). The monoisotopic (exact) mass is 289 g/mol. The zero-order valence-electron chi connectivity index (χ0n) is 10.4. The lowest BCUT2D eigenvalue weighted by Gasteiger charge is -2.16. The minimum Gasteiger partial charge on any atom is -0.398 e. The SMILES string of the molecule is Cc1c(N)cccc1-c1nnnn1CC(F)(F)C(F)F. The largest absolute Gasteiger partial charge is 0.398 e. The van der Waals surface area contributed by atoms with Crippen molar-refractivity contribution in [2.75, 3.05) is 5.73 Å². The van der Waals surface area contributed by atoms with Crippen molar-refractivity contribution in [2.24, 2.45) is 0 Å². The van der Waals surface area contributed by atoms with Gasteiger partial charge in [-0.2, -0.15) is 8.78 Å². The van der Waals surface area contributed by atoms with Gasteiger partial charge in [-0.15, -0.1) is 5.10 Å². The van der Waals surface area contributed by atoms with E-state index in [1.807, 2.05) is 0 Å². The van der Waals surface area contributed by atoms with Crippen molar-refractivity contribution < 1.29 is 17.6 Å². The zero-order chi connectivity index (χ0) is 14.9. The third-order valence-corrected chi connectivity index (χ3v) is 2.83. The molecule has 2 N–H and O–H groups in total. The Balaban J connectivity index is 2.41. The second kappa shape index (κ2) is 5.06. The number of tetrazole rings is 1. The molecule has 20 heavy (non-hydrogen) atoms. The van der Waals surface area contributed by atoms with Crippen molar-refractivity contribution in [3.05, 3.63) is 23.8 Å². The van der Waals surface area contributed by atoms with E-state index in [0.717, 1.165) is 0 Å². The van der Waals surface area contributed by atoms with Gasteiger partial charge < -0.3 is 5.73 Å². The van der Waals surface area contributed by atoms with E-state index in [-0.39, 0.29) is 5.82 Å². The molecule has 0 fully saturated rings. The van der Waals surface area contributed by atoms with Crippen LogP contribution in [0.25, 0.3) is 11.4 Å². The molecule has 0 aliphatic rings. The maximum absolute atomic E-state index is 13.1. The Bertz CT molecular complexity index is 611. The summed E-state index contributed by atoms with van der Waals surface area (Å²) >= 11 is 0. The van der Waals surface area contributed by atoms with Crippen LogP contribution in [0, 0.1) is 6.92 Å². The second-order valence-electron chi connectivity index (χ2n) is 4.24. The van der Waals surface area contributed by atoms with Crippen LogP contribution in [-0.2, 0) is 6.54 Å². The molecule has 0 bridgehead atoms. The molecule has 9 heteroatoms. The van der Waals surface area contributed by atoms with Crippen LogP contribution in [0.4, 0.5) is 23.2 Å². The van der Waals surface area contributed by atoms with Gasteiger partial charge in [0.1, 0.15) is 6.54 Å². The van der Waals surface area contributed by atoms with Crippen LogP contribution in [0.5, 0.6) is 0 Å². The summed E-state index contributed by atoms with van der Waals surface area (Å²) in [6.45, 7) is 0.357. The molecule has 2 aromatic rings. The molecule has 108 valence electrons. The molecule has 0 saturated heterocycles. The molecule has 0 unspecified atom stereocenters. The first-order valence-corrected chi connectivity index (χ1v) is 5.60. The van der Waals surface area contributed by atoms with Crippen molar-refractivity contribution in [1.29, 1.82) is 0 Å². The van der Waals surface area contributed by atoms with Gasteiger partial charge in [0.15, 0.2) is 5.82 Å². The van der Waals surface area contributed by atoms with Crippen LogP contribution in [0.3, 0.4) is 0 Å². The molecule has 1 aromatic carbocycles. The lowest BCUT2D eigenvalue weighted by Crippen LogP contribution is -2.33. The van der Waals surface area contributed by atoms with E-state index in [9.17, 15) is 17.6 Å². The number of hydrogen-bond donors (Lipinski definition) is 1. The first kappa shape index (κ1) is 14.2. The van der Waals surface area contributed by atoms with Crippen molar-refractivity contribution in [3.8, 4) is 11.4 Å². The molecule has 0 aliphatic carbocycles. The Morgan fingerprint density at radius 3 is 2.70 bits per heavy atom. The Labute approximate surface area is 111 Å². The van der Waals surface area contributed by atoms with Crippen molar-refractivity contribution in [1.82, 2.24) is 20.2 Å². The molecule has 0 saturated carbocycles. The number of nitrogens with zero attached hydrogens (tertiary/aromatic N) is 4. The van der Waals surface area contributed by atoms with Crippen LogP contribution < -0.4 is 5.73 Å². The average Bonchev–Trinajstić information content (AvgIpc) is 2.80. The maximum Gasteiger partial charge on any atom is 0.326 e. The zero-order valence-corrected chi connectivity index (χ0v) is 10.4. The predicted octanol–water partition coefficient (Wildman–Crippen LogP) is 2.13. The lowest BCUT2D eigenvalue weighted by atomic mass is 10.1. The van der Waals surface area contributed by atoms with E-state index in [1.165, 1.54) is 0 Å². The number of aromatic nitrogens is 4. The minimum absolute atomic E-state index is 0.0323. The fraction of sp³-hybridized carbons (Fsp3) is 0.364. The van der Waals surface area contributed by atoms with E-state index in [0.29, 0.717) is 21.5 Å². The summed E-state index contributed by atoms with van der Waals surface area (Å²) in [5.41, 5.74) is 7.14. The van der Waals surface area contributed by atoms with Crippen molar-refractivity contribution in [2.45, 2.75) is 25.8 Å². The number of benzene rings is 1. The fourth-order valence-corrected chi connectivity index (χ4v) is 1.67. The molecule has 1 aromatic heterocycles. The van der Waals surface area contributed by atoms with Crippen LogP contribution in [0.15, 0.2) is 18.2 Å². The van der Waals surface area contributed by atoms with Crippen LogP contribution >= 0.6 is 0 Å². The van der Waals surface area contributed by atoms with E-state index in [4.69, 9.17) is 5.73 Å². The van der Waals surface area contributed by atoms with Gasteiger partial charge in [0.05, 0.1) is 0 Å². The first-order valence-electron chi connectivity index (χ1n) is 5.60. The topological polar surface area (TPSA) is 69.6 Å². The normalized spacial score (nSPS) is 12.1. The van der Waals surface area contributed by atoms with Crippen molar-refractivity contribution >= 4 is 5.69 Å². The Morgan fingerprint density at radius 1 is 1.35 bits per heavy atom. The van der Waals surface area contributed by atoms with Gasteiger partial charge in [-0.1, -0.05) is 12.1 Å². The Morgan fingerprint density at radius 2 is 2.05 bits per heavy atom. The van der Waals surface area contributed by atoms with Gasteiger partial charge in [0.25, 0.3) is 0 Å². The standard InChI is InChI=1S/C11H11F4N5/c1-6-7(3-2-4-8(6)16)9-17-18-19-20(9)5-11(14,15)10(12)13/h2-4,10H,5,16H2,1H3. The highest BCUT2D eigenvalue weighted by Gasteiger charge is 2.42. The first-order chi connectivity index (χ1) is 9.33. The van der Waals surface area contributed by atoms with Crippen LogP contribution in [0.1, 0.15) is 5.56 Å². The number of anilines is 1. The van der Waals surface area contributed by atoms with Gasteiger partial charge in [0.2, 0.25) is 0 Å². The summed E-state index contributed by atoms with van der Waals surface area (Å²) in [5, 5.41) is 10.2. The number of halogens is 4. The summed E-state index contributed by atoms with van der Waals surface area (Å²) < 4.78 is 51.3. The number of nitrogen functional groups attached to an aromatic ring is 1. The van der Waals surface area contributed by atoms with Gasteiger partial charge in [-0.3, -0.25) is 0 Å². The summed E-state index contributed by atoms with van der Waals surface area (Å²) in [7, 11) is 0. The molecule has 0 spiro atoms. The van der Waals surface area contributed by atoms with Gasteiger partial charge in [-0.05, 0) is 29.0 Å². The highest BCUT2D eigenvalue weighted by atomic mass is 19.3. The molecule has 0 aliphatic heterocycles. The Hall–Kier alpha value is -2.19. The molecule has 0 atom stereocenters. The van der Waals surface area contributed by atoms with Gasteiger partial charge >= 0.3 is 12.3 Å². The highest BCUT2D eigenvalue weighted by Crippen LogP contribution is 2.29. The smallest absolute Gasteiger partial charge is 0.326 e. The number of rotatable bonds is 4. The molecule has 1 heterocycles.